The van der Waals surface area contributed by atoms with Crippen molar-refractivity contribution in [2.24, 2.45) is 34.0 Å². The summed E-state index contributed by atoms with van der Waals surface area (Å²) in [7, 11) is 1.58. The van der Waals surface area contributed by atoms with Crippen molar-refractivity contribution in [3.05, 3.63) is 12.2 Å². The van der Waals surface area contributed by atoms with Crippen LogP contribution in [0, 0.1) is 34.0 Å². The van der Waals surface area contributed by atoms with Gasteiger partial charge in [-0.2, -0.15) is 0 Å². The minimum absolute atomic E-state index is 0.120. The number of carbonyl (C=O) groups excluding carboxylic acids is 2. The van der Waals surface area contributed by atoms with Gasteiger partial charge < -0.3 is 24.1 Å². The molecule has 2 spiro atoms. The zero-order chi connectivity index (χ0) is 21.6. The molecule has 2 heterocycles. The Bertz CT molecular complexity index is 805. The van der Waals surface area contributed by atoms with Gasteiger partial charge in [0, 0.05) is 20.0 Å². The second-order valence-electron chi connectivity index (χ2n) is 10.6. The van der Waals surface area contributed by atoms with Crippen molar-refractivity contribution < 1.29 is 33.6 Å². The molecule has 3 aliphatic carbocycles. The molecule has 5 rings (SSSR count). The molecule has 30 heavy (non-hydrogen) atoms. The topological polar surface area (TPSA) is 91.3 Å². The molecule has 7 nitrogen and oxygen atoms in total. The van der Waals surface area contributed by atoms with E-state index in [1.54, 1.807) is 7.11 Å². The molecule has 5 fully saturated rings. The Morgan fingerprint density at radius 1 is 1.27 bits per heavy atom. The fourth-order valence-electron chi connectivity index (χ4n) is 8.11. The third kappa shape index (κ3) is 2.21. The number of fused-ring (bicyclic) bond motifs is 1. The van der Waals surface area contributed by atoms with Gasteiger partial charge in [-0.05, 0) is 54.9 Å². The summed E-state index contributed by atoms with van der Waals surface area (Å²) in [5, 5.41) is 11.0. The number of rotatable bonds is 2. The molecule has 0 aromatic carbocycles. The van der Waals surface area contributed by atoms with Gasteiger partial charge in [0.25, 0.3) is 0 Å². The van der Waals surface area contributed by atoms with Gasteiger partial charge >= 0.3 is 11.9 Å². The van der Waals surface area contributed by atoms with Crippen LogP contribution < -0.4 is 0 Å². The molecule has 2 saturated heterocycles. The Morgan fingerprint density at radius 3 is 2.67 bits per heavy atom. The number of methoxy groups -OCH3 is 1. The van der Waals surface area contributed by atoms with Gasteiger partial charge in [0.2, 0.25) is 0 Å². The quantitative estimate of drug-likeness (QED) is 0.542. The summed E-state index contributed by atoms with van der Waals surface area (Å²) < 4.78 is 23.8. The maximum atomic E-state index is 13.6. The molecular formula is C23H32O7. The van der Waals surface area contributed by atoms with Crippen LogP contribution in [0.5, 0.6) is 0 Å². The van der Waals surface area contributed by atoms with E-state index in [-0.39, 0.29) is 29.1 Å². The highest BCUT2D eigenvalue weighted by molar-refractivity contribution is 5.82. The smallest absolute Gasteiger partial charge is 0.316 e. The zero-order valence-corrected chi connectivity index (χ0v) is 18.2. The van der Waals surface area contributed by atoms with Crippen LogP contribution in [-0.2, 0) is 28.5 Å². The lowest BCUT2D eigenvalue weighted by Crippen LogP contribution is -2.70. The molecule has 3 saturated carbocycles. The molecule has 0 aromatic heterocycles. The minimum Gasteiger partial charge on any atom is -0.461 e. The summed E-state index contributed by atoms with van der Waals surface area (Å²) in [6.07, 6.45) is 0.885. The largest absolute Gasteiger partial charge is 0.461 e. The van der Waals surface area contributed by atoms with E-state index in [2.05, 4.69) is 20.4 Å². The van der Waals surface area contributed by atoms with Gasteiger partial charge in [0.05, 0.1) is 5.41 Å². The summed E-state index contributed by atoms with van der Waals surface area (Å²) in [5.41, 5.74) is -1.12. The van der Waals surface area contributed by atoms with Crippen LogP contribution in [0.4, 0.5) is 0 Å². The number of esters is 2. The minimum atomic E-state index is -1.00. The molecule has 166 valence electrons. The molecule has 1 N–H and O–H groups in total. The predicted octanol–water partition coefficient (Wildman–Crippen LogP) is 2.56. The van der Waals surface area contributed by atoms with E-state index in [1.165, 1.54) is 6.92 Å². The van der Waals surface area contributed by atoms with Gasteiger partial charge in [-0.15, -0.1) is 0 Å². The van der Waals surface area contributed by atoms with Gasteiger partial charge in [-0.3, -0.25) is 9.59 Å². The normalized spacial score (nSPS) is 50.9. The van der Waals surface area contributed by atoms with Crippen molar-refractivity contribution in [3.8, 4) is 0 Å². The van der Waals surface area contributed by atoms with Crippen molar-refractivity contribution in [2.45, 2.75) is 77.7 Å². The average molecular weight is 421 g/mol. The molecule has 2 bridgehead atoms. The van der Waals surface area contributed by atoms with Crippen LogP contribution in [0.1, 0.15) is 52.9 Å². The van der Waals surface area contributed by atoms with Gasteiger partial charge in [-0.25, -0.2) is 0 Å². The standard InChI is InChI=1S/C23H32O7/c1-11-13-6-7-14-22(10-13,17(11)28-12(2)24)19(26)29-15-8-9-21(3,4)16-18(25)30-20(27-5)23(14,15)16/h13-18,20,25H,1,6-10H2,2-5H3/t13-,14-,15+,16-,17-,18-,20?,22+,23+/m1/s1. The molecule has 0 radical (unpaired) electrons. The Hall–Kier alpha value is -1.44. The van der Waals surface area contributed by atoms with E-state index in [1.807, 2.05) is 0 Å². The first-order valence-corrected chi connectivity index (χ1v) is 11.0. The molecule has 9 atom stereocenters. The molecule has 2 aliphatic heterocycles. The number of ether oxygens (including phenoxy) is 4. The molecule has 5 aliphatic rings. The lowest BCUT2D eigenvalue weighted by molar-refractivity contribution is -0.284. The average Bonchev–Trinajstić information content (AvgIpc) is 3.09. The Kier molecular flexibility index (Phi) is 4.30. The van der Waals surface area contributed by atoms with E-state index >= 15 is 0 Å². The Morgan fingerprint density at radius 2 is 2.00 bits per heavy atom. The summed E-state index contributed by atoms with van der Waals surface area (Å²) in [5.74, 6) is -1.06. The third-order valence-corrected chi connectivity index (χ3v) is 9.02. The van der Waals surface area contributed by atoms with Crippen LogP contribution >= 0.6 is 0 Å². The highest BCUT2D eigenvalue weighted by atomic mass is 16.7. The maximum absolute atomic E-state index is 13.6. The van der Waals surface area contributed by atoms with Crippen LogP contribution in [0.2, 0.25) is 0 Å². The maximum Gasteiger partial charge on any atom is 0.316 e. The lowest BCUT2D eigenvalue weighted by atomic mass is 9.43. The van der Waals surface area contributed by atoms with E-state index in [9.17, 15) is 14.7 Å². The molecule has 0 aromatic rings. The van der Waals surface area contributed by atoms with Gasteiger partial charge in [-0.1, -0.05) is 20.4 Å². The van der Waals surface area contributed by atoms with Crippen LogP contribution in [0.15, 0.2) is 12.2 Å². The summed E-state index contributed by atoms with van der Waals surface area (Å²) in [6.45, 7) is 9.88. The molecule has 1 unspecified atom stereocenters. The second kappa shape index (κ2) is 6.30. The summed E-state index contributed by atoms with van der Waals surface area (Å²) >= 11 is 0. The summed E-state index contributed by atoms with van der Waals surface area (Å²) in [4.78, 5) is 25.6. The first-order chi connectivity index (χ1) is 14.1. The van der Waals surface area contributed by atoms with Gasteiger partial charge in [0.1, 0.15) is 17.6 Å². The molecule has 7 heteroatoms. The number of aliphatic hydroxyl groups excluding tert-OH is 1. The van der Waals surface area contributed by atoms with Crippen molar-refractivity contribution in [1.82, 2.24) is 0 Å². The predicted molar refractivity (Wildman–Crippen MR) is 105 cm³/mol. The van der Waals surface area contributed by atoms with Gasteiger partial charge in [0.15, 0.2) is 12.6 Å². The van der Waals surface area contributed by atoms with Crippen molar-refractivity contribution in [3.63, 3.8) is 0 Å². The molecular weight excluding hydrogens is 388 g/mol. The van der Waals surface area contributed by atoms with Crippen LogP contribution in [-0.4, -0.2) is 48.9 Å². The number of carbonyl (C=O) groups is 2. The fraction of sp³-hybridized carbons (Fsp3) is 0.826. The van der Waals surface area contributed by atoms with Crippen molar-refractivity contribution in [2.75, 3.05) is 7.11 Å². The Balaban J connectivity index is 1.73. The SMILES string of the molecule is C=C1[C@@H]2CC[C@@H]3[C@](C2)(C(=O)O[C@H]2CCC(C)(C)[C@H]4[C@H](O)OC(OC)[C@@]243)[C@@H]1OC(C)=O. The number of hydrogen-bond acceptors (Lipinski definition) is 7. The lowest BCUT2D eigenvalue weighted by Gasteiger charge is -2.63. The number of hydrogen-bond donors (Lipinski definition) is 1. The first kappa shape index (κ1) is 20.5. The zero-order valence-electron chi connectivity index (χ0n) is 18.2. The first-order valence-electron chi connectivity index (χ1n) is 11.0. The fourth-order valence-corrected chi connectivity index (χ4v) is 8.11. The van der Waals surface area contributed by atoms with E-state index in [0.29, 0.717) is 12.8 Å². The van der Waals surface area contributed by atoms with Crippen molar-refractivity contribution >= 4 is 11.9 Å². The number of aliphatic hydroxyl groups is 1. The summed E-state index contributed by atoms with van der Waals surface area (Å²) in [6, 6.07) is 0. The van der Waals surface area contributed by atoms with Crippen LogP contribution in [0.25, 0.3) is 0 Å². The van der Waals surface area contributed by atoms with Crippen molar-refractivity contribution in [1.29, 1.82) is 0 Å². The van der Waals surface area contributed by atoms with E-state index in [4.69, 9.17) is 18.9 Å². The van der Waals surface area contributed by atoms with E-state index < -0.39 is 41.6 Å². The van der Waals surface area contributed by atoms with E-state index in [0.717, 1.165) is 24.8 Å². The monoisotopic (exact) mass is 420 g/mol. The highest BCUT2D eigenvalue weighted by Crippen LogP contribution is 2.73. The highest BCUT2D eigenvalue weighted by Gasteiger charge is 2.80. The third-order valence-electron chi connectivity index (χ3n) is 9.02. The van der Waals surface area contributed by atoms with Crippen LogP contribution in [0.3, 0.4) is 0 Å². The molecule has 0 amide bonds. The Labute approximate surface area is 177 Å². The second-order valence-corrected chi connectivity index (χ2v) is 10.6.